The molecule has 2 aromatic carbocycles. The topological polar surface area (TPSA) is 80.8 Å². The van der Waals surface area contributed by atoms with Gasteiger partial charge < -0.3 is 15.5 Å². The molecular weight excluding hydrogens is 476 g/mol. The Hall–Kier alpha value is -3.75. The molecule has 8 nitrogen and oxygen atoms in total. The molecule has 1 aliphatic rings. The molecule has 0 saturated heterocycles. The van der Waals surface area contributed by atoms with Crippen LogP contribution in [0, 0.1) is 6.92 Å². The largest absolute Gasteiger partial charge is 0.353 e. The molecule has 200 valence electrons. The normalized spacial score (nSPS) is 12.9. The molecule has 0 bridgehead atoms. The molecule has 2 N–H and O–H groups in total. The van der Waals surface area contributed by atoms with Crippen LogP contribution in [0.5, 0.6) is 0 Å². The molecule has 0 atom stereocenters. The summed E-state index contributed by atoms with van der Waals surface area (Å²) in [5.74, 6) is -0.197. The van der Waals surface area contributed by atoms with Crippen molar-refractivity contribution >= 4 is 17.5 Å². The van der Waals surface area contributed by atoms with Crippen molar-refractivity contribution in [2.45, 2.75) is 39.9 Å². The maximum atomic E-state index is 13.5. The van der Waals surface area contributed by atoms with Crippen LogP contribution in [0.1, 0.15) is 30.5 Å². The fraction of sp³-hybridized carbons (Fsp3) is 0.367. The van der Waals surface area contributed by atoms with Crippen LogP contribution in [-0.2, 0) is 22.7 Å². The van der Waals surface area contributed by atoms with Gasteiger partial charge in [0.2, 0.25) is 5.91 Å². The van der Waals surface area contributed by atoms with Gasteiger partial charge in [-0.3, -0.25) is 19.6 Å². The van der Waals surface area contributed by atoms with Crippen molar-refractivity contribution in [3.63, 3.8) is 0 Å². The van der Waals surface area contributed by atoms with E-state index >= 15 is 0 Å². The first-order valence-electron chi connectivity index (χ1n) is 13.2. The van der Waals surface area contributed by atoms with Gasteiger partial charge in [-0.15, -0.1) is 0 Å². The highest BCUT2D eigenvalue weighted by molar-refractivity contribution is 5.87. The highest BCUT2D eigenvalue weighted by atomic mass is 16.2. The van der Waals surface area contributed by atoms with Crippen LogP contribution < -0.4 is 15.5 Å². The molecule has 0 aliphatic carbocycles. The Morgan fingerprint density at radius 3 is 2.34 bits per heavy atom. The molecule has 2 amide bonds. The van der Waals surface area contributed by atoms with E-state index in [0.717, 1.165) is 22.5 Å². The molecule has 4 rings (SSSR count). The standard InChI is InChI=1S/C30H38N6O2/c1-22(2)31-15-16-33-29(37)20-35(28-17-24(13-12-23(28)3)27-11-7-8-14-32-27)21-30(38)34(4)36-18-25-9-5-6-10-26(25)19-36/h5-14,17,22,31H,15-16,18-21H2,1-4H3,(H,33,37). The summed E-state index contributed by atoms with van der Waals surface area (Å²) in [7, 11) is 1.81. The first-order valence-corrected chi connectivity index (χ1v) is 13.2. The molecular formula is C30H38N6O2. The minimum Gasteiger partial charge on any atom is -0.353 e. The number of hydrogen-bond donors (Lipinski definition) is 2. The van der Waals surface area contributed by atoms with Gasteiger partial charge in [-0.2, -0.15) is 0 Å². The lowest BCUT2D eigenvalue weighted by Gasteiger charge is -2.32. The molecule has 3 aromatic rings. The van der Waals surface area contributed by atoms with Gasteiger partial charge in [0.05, 0.1) is 18.8 Å². The molecule has 1 aromatic heterocycles. The minimum absolute atomic E-state index is 0.0743. The number of likely N-dealkylation sites (N-methyl/N-ethyl adjacent to an activating group) is 1. The molecule has 0 unspecified atom stereocenters. The van der Waals surface area contributed by atoms with Crippen molar-refractivity contribution in [3.8, 4) is 11.3 Å². The number of hydrogen-bond acceptors (Lipinski definition) is 6. The maximum absolute atomic E-state index is 13.5. The first kappa shape index (κ1) is 27.3. The van der Waals surface area contributed by atoms with Gasteiger partial charge in [0.25, 0.3) is 5.91 Å². The van der Waals surface area contributed by atoms with E-state index in [0.29, 0.717) is 32.2 Å². The van der Waals surface area contributed by atoms with E-state index in [-0.39, 0.29) is 24.9 Å². The number of fused-ring (bicyclic) bond motifs is 1. The van der Waals surface area contributed by atoms with E-state index in [1.54, 1.807) is 18.3 Å². The number of carbonyl (C=O) groups excluding carboxylic acids is 2. The Morgan fingerprint density at radius 1 is 0.974 bits per heavy atom. The number of nitrogens with zero attached hydrogens (tertiary/aromatic N) is 4. The van der Waals surface area contributed by atoms with Gasteiger partial charge in [-0.05, 0) is 41.8 Å². The van der Waals surface area contributed by atoms with Crippen molar-refractivity contribution in [2.24, 2.45) is 0 Å². The van der Waals surface area contributed by atoms with Crippen molar-refractivity contribution in [1.82, 2.24) is 25.6 Å². The number of anilines is 1. The molecule has 1 aliphatic heterocycles. The van der Waals surface area contributed by atoms with Crippen LogP contribution in [0.4, 0.5) is 5.69 Å². The Kier molecular flexibility index (Phi) is 9.10. The van der Waals surface area contributed by atoms with Gasteiger partial charge in [0, 0.05) is 56.7 Å². The van der Waals surface area contributed by atoms with E-state index in [1.165, 1.54) is 11.1 Å². The number of carbonyl (C=O) groups is 2. The van der Waals surface area contributed by atoms with E-state index in [9.17, 15) is 9.59 Å². The maximum Gasteiger partial charge on any atom is 0.256 e. The quantitative estimate of drug-likeness (QED) is 0.382. The summed E-state index contributed by atoms with van der Waals surface area (Å²) >= 11 is 0. The average Bonchev–Trinajstić information content (AvgIpc) is 3.35. The molecule has 8 heteroatoms. The zero-order chi connectivity index (χ0) is 27.1. The summed E-state index contributed by atoms with van der Waals surface area (Å²) in [6.07, 6.45) is 1.76. The van der Waals surface area contributed by atoms with Crippen molar-refractivity contribution < 1.29 is 9.59 Å². The van der Waals surface area contributed by atoms with Crippen LogP contribution in [0.2, 0.25) is 0 Å². The van der Waals surface area contributed by atoms with Gasteiger partial charge in [-0.25, -0.2) is 5.01 Å². The van der Waals surface area contributed by atoms with Gasteiger partial charge in [0.1, 0.15) is 0 Å². The lowest BCUT2D eigenvalue weighted by Crippen LogP contribution is -2.48. The zero-order valence-corrected chi connectivity index (χ0v) is 22.8. The van der Waals surface area contributed by atoms with E-state index in [1.807, 2.05) is 65.4 Å². The number of aryl methyl sites for hydroxylation is 1. The SMILES string of the molecule is Cc1ccc(-c2ccccn2)cc1N(CC(=O)NCCNC(C)C)CC(=O)N(C)N1Cc2ccccc2C1. The Morgan fingerprint density at radius 2 is 1.68 bits per heavy atom. The third kappa shape index (κ3) is 6.96. The third-order valence-corrected chi connectivity index (χ3v) is 6.78. The lowest BCUT2D eigenvalue weighted by molar-refractivity contribution is -0.145. The number of rotatable bonds is 11. The Bertz CT molecular complexity index is 1220. The van der Waals surface area contributed by atoms with Crippen molar-refractivity contribution in [2.75, 3.05) is 38.1 Å². The van der Waals surface area contributed by atoms with E-state index in [2.05, 4.69) is 41.6 Å². The minimum atomic E-state index is -0.123. The van der Waals surface area contributed by atoms with E-state index in [4.69, 9.17) is 0 Å². The molecule has 2 heterocycles. The predicted octanol–water partition coefficient (Wildman–Crippen LogP) is 3.37. The second kappa shape index (κ2) is 12.7. The Labute approximate surface area is 225 Å². The number of hydrazine groups is 1. The monoisotopic (exact) mass is 514 g/mol. The first-order chi connectivity index (χ1) is 18.3. The van der Waals surface area contributed by atoms with Crippen LogP contribution in [0.3, 0.4) is 0 Å². The molecule has 0 spiro atoms. The summed E-state index contributed by atoms with van der Waals surface area (Å²) in [5.41, 5.74) is 6.08. The van der Waals surface area contributed by atoms with Crippen LogP contribution in [-0.4, -0.2) is 66.1 Å². The van der Waals surface area contributed by atoms with Crippen LogP contribution in [0.15, 0.2) is 66.9 Å². The molecule has 0 fully saturated rings. The summed E-state index contributed by atoms with van der Waals surface area (Å²) in [6, 6.07) is 20.5. The van der Waals surface area contributed by atoms with Crippen LogP contribution in [0.25, 0.3) is 11.3 Å². The number of benzene rings is 2. The smallest absolute Gasteiger partial charge is 0.256 e. The third-order valence-electron chi connectivity index (χ3n) is 6.78. The average molecular weight is 515 g/mol. The lowest BCUT2D eigenvalue weighted by atomic mass is 10.1. The summed E-state index contributed by atoms with van der Waals surface area (Å²) < 4.78 is 0. The second-order valence-electron chi connectivity index (χ2n) is 10.0. The molecule has 38 heavy (non-hydrogen) atoms. The van der Waals surface area contributed by atoms with E-state index < -0.39 is 0 Å². The second-order valence-corrected chi connectivity index (χ2v) is 10.0. The highest BCUT2D eigenvalue weighted by Gasteiger charge is 2.27. The highest BCUT2D eigenvalue weighted by Crippen LogP contribution is 2.28. The fourth-order valence-corrected chi connectivity index (χ4v) is 4.61. The number of nitrogens with one attached hydrogen (secondary N) is 2. The molecule has 0 radical (unpaired) electrons. The zero-order valence-electron chi connectivity index (χ0n) is 22.8. The summed E-state index contributed by atoms with van der Waals surface area (Å²) in [6.45, 7) is 8.89. The van der Waals surface area contributed by atoms with Gasteiger partial charge in [-0.1, -0.05) is 56.3 Å². The fourth-order valence-electron chi connectivity index (χ4n) is 4.61. The molecule has 0 saturated carbocycles. The Balaban J connectivity index is 1.52. The number of pyridine rings is 1. The van der Waals surface area contributed by atoms with Gasteiger partial charge >= 0.3 is 0 Å². The number of amides is 2. The van der Waals surface area contributed by atoms with Crippen molar-refractivity contribution in [1.29, 1.82) is 0 Å². The summed E-state index contributed by atoms with van der Waals surface area (Å²) in [4.78, 5) is 32.9. The predicted molar refractivity (Wildman–Crippen MR) is 151 cm³/mol. The van der Waals surface area contributed by atoms with Crippen LogP contribution >= 0.6 is 0 Å². The summed E-state index contributed by atoms with van der Waals surface area (Å²) in [5, 5.41) is 10.0. The number of aromatic nitrogens is 1. The van der Waals surface area contributed by atoms with Crippen molar-refractivity contribution in [3.05, 3.63) is 83.6 Å². The van der Waals surface area contributed by atoms with Gasteiger partial charge in [0.15, 0.2) is 0 Å².